The number of para-hydroxylation sites is 1. The third-order valence-corrected chi connectivity index (χ3v) is 4.99. The van der Waals surface area contributed by atoms with Gasteiger partial charge in [-0.05, 0) is 12.1 Å². The zero-order valence-electron chi connectivity index (χ0n) is 13.0. The molecule has 0 saturated carbocycles. The largest absolute Gasteiger partial charge is 0.486 e. The van der Waals surface area contributed by atoms with E-state index in [1.165, 1.54) is 17.1 Å². The molecule has 4 rings (SSSR count). The van der Waals surface area contributed by atoms with Gasteiger partial charge in [-0.1, -0.05) is 18.2 Å². The van der Waals surface area contributed by atoms with E-state index in [0.717, 1.165) is 41.6 Å². The number of benzene rings is 1. The van der Waals surface area contributed by atoms with Crippen molar-refractivity contribution in [3.8, 4) is 5.75 Å². The maximum Gasteiger partial charge on any atom is 0.143 e. The molecule has 0 bridgehead atoms. The lowest BCUT2D eigenvalue weighted by atomic mass is 10.1. The van der Waals surface area contributed by atoms with E-state index in [-0.39, 0.29) is 5.82 Å². The average molecular weight is 341 g/mol. The van der Waals surface area contributed by atoms with E-state index in [2.05, 4.69) is 14.9 Å². The number of ether oxygens (including phenoxy) is 1. The molecule has 0 amide bonds. The number of anilines is 1. The van der Waals surface area contributed by atoms with E-state index in [0.29, 0.717) is 6.61 Å². The molecule has 3 heterocycles. The molecule has 4 nitrogen and oxygen atoms in total. The Labute approximate surface area is 143 Å². The van der Waals surface area contributed by atoms with Crippen LogP contribution in [-0.2, 0) is 19.6 Å². The number of pyridine rings is 1. The highest BCUT2D eigenvalue weighted by Crippen LogP contribution is 2.29. The maximum atomic E-state index is 13.4. The van der Waals surface area contributed by atoms with Gasteiger partial charge in [-0.2, -0.15) is 0 Å². The number of aromatic nitrogens is 2. The summed E-state index contributed by atoms with van der Waals surface area (Å²) in [6, 6.07) is 11.3. The number of nitrogens with zero attached hydrogens (tertiary/aromatic N) is 3. The van der Waals surface area contributed by atoms with Crippen LogP contribution in [0.5, 0.6) is 5.75 Å². The van der Waals surface area contributed by atoms with Gasteiger partial charge in [0.05, 0.1) is 30.3 Å². The van der Waals surface area contributed by atoms with Crippen LogP contribution in [0.1, 0.15) is 15.6 Å². The van der Waals surface area contributed by atoms with E-state index in [1.807, 2.05) is 30.3 Å². The molecule has 0 saturated heterocycles. The fourth-order valence-corrected chi connectivity index (χ4v) is 3.81. The van der Waals surface area contributed by atoms with Crippen LogP contribution in [0.15, 0.2) is 48.8 Å². The molecule has 1 aliphatic rings. The lowest BCUT2D eigenvalue weighted by Crippen LogP contribution is -2.29. The molecule has 3 aromatic rings. The van der Waals surface area contributed by atoms with Gasteiger partial charge in [-0.3, -0.25) is 4.98 Å². The number of thiazole rings is 1. The van der Waals surface area contributed by atoms with Crippen LogP contribution >= 0.6 is 11.3 Å². The Morgan fingerprint density at radius 3 is 2.92 bits per heavy atom. The second-order valence-electron chi connectivity index (χ2n) is 5.61. The highest BCUT2D eigenvalue weighted by Gasteiger charge is 2.21. The molecule has 6 heteroatoms. The van der Waals surface area contributed by atoms with Crippen LogP contribution in [-0.4, -0.2) is 16.5 Å². The lowest BCUT2D eigenvalue weighted by molar-refractivity contribution is 0.305. The van der Waals surface area contributed by atoms with Crippen molar-refractivity contribution in [3.63, 3.8) is 0 Å². The quantitative estimate of drug-likeness (QED) is 0.723. The second kappa shape index (κ2) is 6.57. The first-order valence-corrected chi connectivity index (χ1v) is 8.60. The Kier molecular flexibility index (Phi) is 4.13. The minimum Gasteiger partial charge on any atom is -0.486 e. The van der Waals surface area contributed by atoms with Gasteiger partial charge < -0.3 is 9.64 Å². The topological polar surface area (TPSA) is 38.2 Å². The Bertz CT molecular complexity index is 837. The zero-order valence-corrected chi connectivity index (χ0v) is 13.8. The summed E-state index contributed by atoms with van der Waals surface area (Å²) in [5.74, 6) is 0.540. The van der Waals surface area contributed by atoms with Crippen molar-refractivity contribution in [3.05, 3.63) is 70.2 Å². The zero-order chi connectivity index (χ0) is 16.4. The lowest BCUT2D eigenvalue weighted by Gasteiger charge is -2.27. The summed E-state index contributed by atoms with van der Waals surface area (Å²) in [7, 11) is 0. The molecule has 24 heavy (non-hydrogen) atoms. The van der Waals surface area contributed by atoms with E-state index in [1.54, 1.807) is 17.5 Å². The van der Waals surface area contributed by atoms with Crippen molar-refractivity contribution >= 4 is 17.0 Å². The molecule has 1 aliphatic heterocycles. The van der Waals surface area contributed by atoms with Crippen LogP contribution in [0.25, 0.3) is 0 Å². The van der Waals surface area contributed by atoms with Crippen LogP contribution < -0.4 is 9.64 Å². The molecular formula is C18H16FN3OS. The molecule has 0 aliphatic carbocycles. The van der Waals surface area contributed by atoms with Gasteiger partial charge in [0.2, 0.25) is 0 Å². The Morgan fingerprint density at radius 1 is 1.21 bits per heavy atom. The van der Waals surface area contributed by atoms with Crippen LogP contribution in [0.3, 0.4) is 0 Å². The first kappa shape index (κ1) is 15.1. The molecule has 0 atom stereocenters. The number of hydrogen-bond donors (Lipinski definition) is 0. The van der Waals surface area contributed by atoms with E-state index in [4.69, 9.17) is 4.74 Å². The Hall–Kier alpha value is -2.47. The number of rotatable bonds is 4. The predicted octanol–water partition coefficient (Wildman–Crippen LogP) is 3.82. The fourth-order valence-electron chi connectivity index (χ4n) is 2.77. The standard InChI is InChI=1S/C18H16FN3OS/c19-13-8-14(10-20-9-13)22-7-6-16-17(11-22)24-18(21-16)12-23-15-4-2-1-3-5-15/h1-5,8-10H,6-7,11-12H2. The first-order valence-electron chi connectivity index (χ1n) is 7.79. The van der Waals surface area contributed by atoms with Crippen molar-refractivity contribution in [2.24, 2.45) is 0 Å². The summed E-state index contributed by atoms with van der Waals surface area (Å²) in [5.41, 5.74) is 1.95. The second-order valence-corrected chi connectivity index (χ2v) is 6.78. The molecule has 2 aromatic heterocycles. The van der Waals surface area contributed by atoms with Crippen LogP contribution in [0.2, 0.25) is 0 Å². The third-order valence-electron chi connectivity index (χ3n) is 3.94. The van der Waals surface area contributed by atoms with Gasteiger partial charge in [0.15, 0.2) is 0 Å². The molecule has 0 radical (unpaired) electrons. The number of hydrogen-bond acceptors (Lipinski definition) is 5. The van der Waals surface area contributed by atoms with Crippen molar-refractivity contribution < 1.29 is 9.13 Å². The van der Waals surface area contributed by atoms with E-state index >= 15 is 0 Å². The minimum absolute atomic E-state index is 0.306. The summed E-state index contributed by atoms with van der Waals surface area (Å²) in [6.07, 6.45) is 3.78. The maximum absolute atomic E-state index is 13.4. The minimum atomic E-state index is -0.306. The van der Waals surface area contributed by atoms with Gasteiger partial charge in [0, 0.05) is 23.9 Å². The van der Waals surface area contributed by atoms with Crippen molar-refractivity contribution in [1.82, 2.24) is 9.97 Å². The summed E-state index contributed by atoms with van der Waals surface area (Å²) in [4.78, 5) is 12.0. The summed E-state index contributed by atoms with van der Waals surface area (Å²) in [6.45, 7) is 2.04. The number of halogens is 1. The monoisotopic (exact) mass is 341 g/mol. The van der Waals surface area contributed by atoms with Gasteiger partial charge in [0.25, 0.3) is 0 Å². The third kappa shape index (κ3) is 3.23. The highest BCUT2D eigenvalue weighted by atomic mass is 32.1. The average Bonchev–Trinajstić information content (AvgIpc) is 3.03. The van der Waals surface area contributed by atoms with Crippen LogP contribution in [0, 0.1) is 5.82 Å². The Balaban J connectivity index is 1.46. The molecule has 122 valence electrons. The van der Waals surface area contributed by atoms with E-state index < -0.39 is 0 Å². The normalized spacial score (nSPS) is 13.6. The first-order chi connectivity index (χ1) is 11.8. The molecular weight excluding hydrogens is 325 g/mol. The van der Waals surface area contributed by atoms with Gasteiger partial charge in [-0.15, -0.1) is 11.3 Å². The van der Waals surface area contributed by atoms with Gasteiger partial charge in [-0.25, -0.2) is 9.37 Å². The SMILES string of the molecule is Fc1cncc(N2CCc3nc(COc4ccccc4)sc3C2)c1. The van der Waals surface area contributed by atoms with E-state index in [9.17, 15) is 4.39 Å². The van der Waals surface area contributed by atoms with Crippen LogP contribution in [0.4, 0.5) is 10.1 Å². The smallest absolute Gasteiger partial charge is 0.143 e. The summed E-state index contributed by atoms with van der Waals surface area (Å²) >= 11 is 1.67. The number of fused-ring (bicyclic) bond motifs is 1. The molecule has 0 unspecified atom stereocenters. The predicted molar refractivity (Wildman–Crippen MR) is 91.8 cm³/mol. The van der Waals surface area contributed by atoms with Gasteiger partial charge >= 0.3 is 0 Å². The molecule has 1 aromatic carbocycles. The molecule has 0 fully saturated rings. The van der Waals surface area contributed by atoms with Crippen molar-refractivity contribution in [2.45, 2.75) is 19.6 Å². The fraction of sp³-hybridized carbons (Fsp3) is 0.222. The van der Waals surface area contributed by atoms with Crippen molar-refractivity contribution in [1.29, 1.82) is 0 Å². The molecule has 0 N–H and O–H groups in total. The Morgan fingerprint density at radius 2 is 2.08 bits per heavy atom. The highest BCUT2D eigenvalue weighted by molar-refractivity contribution is 7.11. The van der Waals surface area contributed by atoms with Gasteiger partial charge in [0.1, 0.15) is 23.2 Å². The summed E-state index contributed by atoms with van der Waals surface area (Å²) in [5, 5.41) is 0.975. The molecule has 0 spiro atoms. The summed E-state index contributed by atoms with van der Waals surface area (Å²) < 4.78 is 19.1. The van der Waals surface area contributed by atoms with Crippen molar-refractivity contribution in [2.75, 3.05) is 11.4 Å².